The second-order valence-electron chi connectivity index (χ2n) is 6.87. The van der Waals surface area contributed by atoms with Gasteiger partial charge in [0.15, 0.2) is 17.2 Å². The highest BCUT2D eigenvalue weighted by Crippen LogP contribution is 2.25. The van der Waals surface area contributed by atoms with Gasteiger partial charge in [0, 0.05) is 43.0 Å². The summed E-state index contributed by atoms with van der Waals surface area (Å²) < 4.78 is 32.5. The predicted molar refractivity (Wildman–Crippen MR) is 99.1 cm³/mol. The first kappa shape index (κ1) is 18.9. The summed E-state index contributed by atoms with van der Waals surface area (Å²) in [4.78, 5) is 30.8. The van der Waals surface area contributed by atoms with Crippen molar-refractivity contribution >= 4 is 11.7 Å². The van der Waals surface area contributed by atoms with Crippen molar-refractivity contribution in [3.8, 4) is 11.3 Å². The number of amides is 1. The second kappa shape index (κ2) is 7.90. The Bertz CT molecular complexity index is 1040. The number of rotatable bonds is 4. The predicted octanol–water partition coefficient (Wildman–Crippen LogP) is 3.75. The van der Waals surface area contributed by atoms with Crippen LogP contribution in [0.5, 0.6) is 0 Å². The van der Waals surface area contributed by atoms with Gasteiger partial charge in [-0.2, -0.15) is 0 Å². The van der Waals surface area contributed by atoms with Crippen LogP contribution in [0.15, 0.2) is 53.3 Å². The quantitative estimate of drug-likeness (QED) is 0.627. The number of nitrogens with zero attached hydrogens (tertiary/aromatic N) is 3. The number of hydrogen-bond donors (Lipinski definition) is 0. The van der Waals surface area contributed by atoms with Crippen molar-refractivity contribution in [1.29, 1.82) is 0 Å². The molecule has 0 unspecified atom stereocenters. The van der Waals surface area contributed by atoms with Gasteiger partial charge in [-0.05, 0) is 43.2 Å². The molecule has 1 aliphatic rings. The van der Waals surface area contributed by atoms with Gasteiger partial charge in [-0.3, -0.25) is 14.6 Å². The number of ketones is 1. The third-order valence-electron chi connectivity index (χ3n) is 5.02. The van der Waals surface area contributed by atoms with Crippen molar-refractivity contribution in [2.75, 3.05) is 13.1 Å². The molecule has 148 valence electrons. The normalized spacial score (nSPS) is 14.8. The van der Waals surface area contributed by atoms with Crippen molar-refractivity contribution in [3.05, 3.63) is 71.7 Å². The van der Waals surface area contributed by atoms with E-state index in [1.54, 1.807) is 35.5 Å². The second-order valence-corrected chi connectivity index (χ2v) is 6.87. The molecule has 1 aliphatic heterocycles. The van der Waals surface area contributed by atoms with E-state index in [1.807, 2.05) is 0 Å². The molecule has 1 saturated heterocycles. The fraction of sp³-hybridized carbons (Fsp3) is 0.238. The van der Waals surface area contributed by atoms with Crippen LogP contribution in [0.25, 0.3) is 11.3 Å². The molecule has 1 aromatic carbocycles. The molecule has 3 aromatic rings. The van der Waals surface area contributed by atoms with Gasteiger partial charge in [0.25, 0.3) is 5.91 Å². The summed E-state index contributed by atoms with van der Waals surface area (Å²) in [5.41, 5.74) is 0.637. The lowest BCUT2D eigenvalue weighted by Crippen LogP contribution is -2.40. The Labute approximate surface area is 165 Å². The molecule has 0 spiro atoms. The van der Waals surface area contributed by atoms with Crippen molar-refractivity contribution in [3.63, 3.8) is 0 Å². The lowest BCUT2D eigenvalue weighted by molar-refractivity contribution is 0.0640. The number of halogens is 2. The maximum Gasteiger partial charge on any atom is 0.276 e. The van der Waals surface area contributed by atoms with E-state index in [2.05, 4.69) is 10.1 Å². The number of hydrogen-bond acceptors (Lipinski definition) is 5. The molecule has 0 radical (unpaired) electrons. The smallest absolute Gasteiger partial charge is 0.276 e. The molecule has 6 nitrogen and oxygen atoms in total. The fourth-order valence-corrected chi connectivity index (χ4v) is 3.43. The van der Waals surface area contributed by atoms with Crippen molar-refractivity contribution < 1.29 is 22.9 Å². The van der Waals surface area contributed by atoms with Gasteiger partial charge < -0.3 is 9.42 Å². The van der Waals surface area contributed by atoms with E-state index >= 15 is 0 Å². The highest BCUT2D eigenvalue weighted by atomic mass is 19.1. The molecular formula is C21H17F2N3O3. The molecule has 0 bridgehead atoms. The number of carbonyl (C=O) groups excluding carboxylic acids is 2. The minimum Gasteiger partial charge on any atom is -0.355 e. The highest BCUT2D eigenvalue weighted by molar-refractivity contribution is 5.98. The lowest BCUT2D eigenvalue weighted by atomic mass is 9.88. The van der Waals surface area contributed by atoms with Gasteiger partial charge in [-0.15, -0.1) is 0 Å². The average Bonchev–Trinajstić information content (AvgIpc) is 3.25. The third-order valence-corrected chi connectivity index (χ3v) is 5.02. The van der Waals surface area contributed by atoms with Crippen molar-refractivity contribution in [2.45, 2.75) is 12.8 Å². The molecule has 0 saturated carbocycles. The van der Waals surface area contributed by atoms with Crippen molar-refractivity contribution in [1.82, 2.24) is 15.0 Å². The molecule has 1 fully saturated rings. The van der Waals surface area contributed by atoms with Gasteiger partial charge in [-0.25, -0.2) is 8.78 Å². The van der Waals surface area contributed by atoms with E-state index in [4.69, 9.17) is 4.52 Å². The number of pyridine rings is 1. The Hall–Kier alpha value is -3.42. The Morgan fingerprint density at radius 1 is 1.10 bits per heavy atom. The lowest BCUT2D eigenvalue weighted by Gasteiger charge is -2.30. The van der Waals surface area contributed by atoms with Gasteiger partial charge in [0.05, 0.1) is 5.56 Å². The number of piperidine rings is 1. The van der Waals surface area contributed by atoms with Crippen LogP contribution >= 0.6 is 0 Å². The Balaban J connectivity index is 1.41. The summed E-state index contributed by atoms with van der Waals surface area (Å²) in [6.07, 6.45) is 3.98. The SMILES string of the molecule is O=C(c1cc(F)ccc1F)C1CCN(C(=O)c2cc(-c3cccnc3)on2)CC1. The molecular weight excluding hydrogens is 380 g/mol. The van der Waals surface area contributed by atoms with Crippen molar-refractivity contribution in [2.24, 2.45) is 5.92 Å². The first-order valence-corrected chi connectivity index (χ1v) is 9.18. The topological polar surface area (TPSA) is 76.3 Å². The standard InChI is InChI=1S/C21H17F2N3O3/c22-15-3-4-17(23)16(10-15)20(27)13-5-8-26(9-6-13)21(28)18-11-19(29-25-18)14-2-1-7-24-12-14/h1-4,7,10-13H,5-6,8-9H2. The molecule has 0 N–H and O–H groups in total. The summed E-state index contributed by atoms with van der Waals surface area (Å²) in [5, 5.41) is 3.84. The van der Waals surface area contributed by atoms with Gasteiger partial charge in [0.1, 0.15) is 11.6 Å². The molecule has 3 heterocycles. The van der Waals surface area contributed by atoms with Crippen LogP contribution < -0.4 is 0 Å². The number of benzene rings is 1. The zero-order valence-corrected chi connectivity index (χ0v) is 15.3. The van der Waals surface area contributed by atoms with Crippen LogP contribution in [0, 0.1) is 17.6 Å². The van der Waals surface area contributed by atoms with E-state index in [1.165, 1.54) is 0 Å². The van der Waals surface area contributed by atoms with Crippen LogP contribution in [-0.4, -0.2) is 39.8 Å². The van der Waals surface area contributed by atoms with Crippen LogP contribution in [0.1, 0.15) is 33.7 Å². The number of Topliss-reactive ketones (excluding diaryl/α,β-unsaturated/α-hetero) is 1. The Morgan fingerprint density at radius 2 is 1.90 bits per heavy atom. The van der Waals surface area contributed by atoms with Crippen LogP contribution in [0.2, 0.25) is 0 Å². The molecule has 0 aliphatic carbocycles. The summed E-state index contributed by atoms with van der Waals surface area (Å²) >= 11 is 0. The fourth-order valence-electron chi connectivity index (χ4n) is 3.43. The number of likely N-dealkylation sites (tertiary alicyclic amines) is 1. The monoisotopic (exact) mass is 397 g/mol. The Kier molecular flexibility index (Phi) is 5.16. The largest absolute Gasteiger partial charge is 0.355 e. The molecule has 4 rings (SSSR count). The summed E-state index contributed by atoms with van der Waals surface area (Å²) in [6, 6.07) is 7.95. The van der Waals surface area contributed by atoms with E-state index < -0.39 is 23.3 Å². The minimum atomic E-state index is -0.736. The zero-order chi connectivity index (χ0) is 20.4. The van der Waals surface area contributed by atoms with Gasteiger partial charge >= 0.3 is 0 Å². The van der Waals surface area contributed by atoms with E-state index in [9.17, 15) is 18.4 Å². The Morgan fingerprint density at radius 3 is 2.62 bits per heavy atom. The molecule has 1 amide bonds. The van der Waals surface area contributed by atoms with E-state index in [0.29, 0.717) is 37.3 Å². The van der Waals surface area contributed by atoms with Crippen LogP contribution in [-0.2, 0) is 0 Å². The van der Waals surface area contributed by atoms with Crippen LogP contribution in [0.4, 0.5) is 8.78 Å². The summed E-state index contributed by atoms with van der Waals surface area (Å²) in [5.74, 6) is -2.15. The maximum atomic E-state index is 13.9. The zero-order valence-electron chi connectivity index (χ0n) is 15.3. The minimum absolute atomic E-state index is 0.171. The summed E-state index contributed by atoms with van der Waals surface area (Å²) in [6.45, 7) is 0.641. The highest BCUT2D eigenvalue weighted by Gasteiger charge is 2.31. The van der Waals surface area contributed by atoms with E-state index in [0.717, 1.165) is 18.2 Å². The van der Waals surface area contributed by atoms with Gasteiger partial charge in [-0.1, -0.05) is 5.16 Å². The van der Waals surface area contributed by atoms with Gasteiger partial charge in [0.2, 0.25) is 0 Å². The molecule has 8 heteroatoms. The molecule has 29 heavy (non-hydrogen) atoms. The summed E-state index contributed by atoms with van der Waals surface area (Å²) in [7, 11) is 0. The average molecular weight is 397 g/mol. The maximum absolute atomic E-state index is 13.9. The number of carbonyl (C=O) groups is 2. The third kappa shape index (κ3) is 3.91. The molecule has 0 atom stereocenters. The van der Waals surface area contributed by atoms with Crippen LogP contribution in [0.3, 0.4) is 0 Å². The van der Waals surface area contributed by atoms with E-state index in [-0.39, 0.29) is 17.2 Å². The first-order valence-electron chi connectivity index (χ1n) is 9.18. The first-order chi connectivity index (χ1) is 14.0. The number of aromatic nitrogens is 2. The molecule has 2 aromatic heterocycles.